The van der Waals surface area contributed by atoms with Crippen LogP contribution in [-0.2, 0) is 10.5 Å². The molecule has 0 spiro atoms. The Hall–Kier alpha value is -2.35. The molecule has 2 aromatic carbocycles. The van der Waals surface area contributed by atoms with Crippen LogP contribution in [0, 0.1) is 0 Å². The van der Waals surface area contributed by atoms with Gasteiger partial charge in [0.25, 0.3) is 0 Å². The molecular formula is C23H30N4O2S. The first-order chi connectivity index (χ1) is 14.8. The smallest absolute Gasteiger partial charge is 0.180 e. The molecule has 0 radical (unpaired) electrons. The zero-order chi connectivity index (χ0) is 20.9. The number of nitrogens with two attached hydrogens (primary N) is 1. The molecule has 7 heteroatoms. The predicted molar refractivity (Wildman–Crippen MR) is 125 cm³/mol. The van der Waals surface area contributed by atoms with Crippen LogP contribution in [0.4, 0.5) is 0 Å². The molecular weight excluding hydrogens is 396 g/mol. The van der Waals surface area contributed by atoms with Crippen LogP contribution in [0.3, 0.4) is 0 Å². The maximum atomic E-state index is 5.91. The van der Waals surface area contributed by atoms with Crippen molar-refractivity contribution in [2.45, 2.75) is 18.6 Å². The lowest BCUT2D eigenvalue weighted by atomic mass is 10.2. The van der Waals surface area contributed by atoms with Crippen LogP contribution in [0.25, 0.3) is 0 Å². The Balaban J connectivity index is 1.32. The highest BCUT2D eigenvalue weighted by atomic mass is 32.2. The molecule has 0 saturated carbocycles. The van der Waals surface area contributed by atoms with Gasteiger partial charge in [-0.2, -0.15) is 5.10 Å². The van der Waals surface area contributed by atoms with Crippen molar-refractivity contribution in [2.24, 2.45) is 15.9 Å². The van der Waals surface area contributed by atoms with E-state index in [0.717, 1.165) is 69.4 Å². The third kappa shape index (κ3) is 8.57. The highest BCUT2D eigenvalue weighted by molar-refractivity contribution is 8.13. The van der Waals surface area contributed by atoms with E-state index in [-0.39, 0.29) is 0 Å². The molecule has 1 heterocycles. The first-order valence-corrected chi connectivity index (χ1v) is 11.3. The first kappa shape index (κ1) is 22.3. The minimum absolute atomic E-state index is 0.451. The lowest BCUT2D eigenvalue weighted by Crippen LogP contribution is -2.36. The van der Waals surface area contributed by atoms with Crippen molar-refractivity contribution in [1.82, 2.24) is 4.90 Å². The second kappa shape index (κ2) is 13.1. The van der Waals surface area contributed by atoms with Crippen LogP contribution in [0.2, 0.25) is 0 Å². The normalized spacial score (nSPS) is 15.5. The molecule has 0 atom stereocenters. The molecule has 3 rings (SSSR count). The Morgan fingerprint density at radius 3 is 2.60 bits per heavy atom. The third-order valence-corrected chi connectivity index (χ3v) is 5.57. The number of hydrogen-bond donors (Lipinski definition) is 1. The van der Waals surface area contributed by atoms with Gasteiger partial charge in [-0.1, -0.05) is 42.1 Å². The summed E-state index contributed by atoms with van der Waals surface area (Å²) in [4.78, 5) is 2.45. The summed E-state index contributed by atoms with van der Waals surface area (Å²) in [6.07, 6.45) is 3.89. The van der Waals surface area contributed by atoms with Crippen LogP contribution in [0.5, 0.6) is 5.75 Å². The minimum atomic E-state index is 0.451. The van der Waals surface area contributed by atoms with Crippen molar-refractivity contribution in [3.8, 4) is 5.75 Å². The van der Waals surface area contributed by atoms with Gasteiger partial charge < -0.3 is 15.2 Å². The van der Waals surface area contributed by atoms with Crippen molar-refractivity contribution in [2.75, 3.05) is 39.5 Å². The van der Waals surface area contributed by atoms with Crippen molar-refractivity contribution < 1.29 is 9.47 Å². The monoisotopic (exact) mass is 426 g/mol. The summed E-state index contributed by atoms with van der Waals surface area (Å²) in [6.45, 7) is 5.66. The standard InChI is InChI=1S/C23H30N4O2S/c24-23(30-19-21-6-2-1-3-7-21)26-25-18-20-8-10-22(11-9-20)29-15-5-4-12-27-13-16-28-17-14-27/h1-3,6-11,18H,4-5,12-17,19H2,(H2,24,26). The second-order valence-electron chi connectivity index (χ2n) is 7.04. The fourth-order valence-electron chi connectivity index (χ4n) is 3.02. The SMILES string of the molecule is NC(=NN=Cc1ccc(OCCCCN2CCOCC2)cc1)SCc1ccccc1. The molecule has 30 heavy (non-hydrogen) atoms. The Bertz CT molecular complexity index is 791. The fourth-order valence-corrected chi connectivity index (χ4v) is 3.63. The number of amidine groups is 1. The van der Waals surface area contributed by atoms with Crippen LogP contribution in [0.1, 0.15) is 24.0 Å². The van der Waals surface area contributed by atoms with Crippen molar-refractivity contribution in [3.05, 3.63) is 65.7 Å². The second-order valence-corrected chi connectivity index (χ2v) is 8.03. The Labute approximate surface area is 183 Å². The van der Waals surface area contributed by atoms with Gasteiger partial charge in [0.15, 0.2) is 5.17 Å². The van der Waals surface area contributed by atoms with Crippen LogP contribution in [0.15, 0.2) is 64.8 Å². The fraction of sp³-hybridized carbons (Fsp3) is 0.391. The Kier molecular flexibility index (Phi) is 9.72. The number of benzene rings is 2. The van der Waals surface area contributed by atoms with Gasteiger partial charge in [0.05, 0.1) is 26.0 Å². The molecule has 1 saturated heterocycles. The zero-order valence-electron chi connectivity index (χ0n) is 17.3. The average Bonchev–Trinajstić information content (AvgIpc) is 2.80. The van der Waals surface area contributed by atoms with Gasteiger partial charge in [-0.3, -0.25) is 4.90 Å². The Morgan fingerprint density at radius 2 is 1.83 bits per heavy atom. The van der Waals surface area contributed by atoms with Gasteiger partial charge in [-0.25, -0.2) is 0 Å². The highest BCUT2D eigenvalue weighted by Crippen LogP contribution is 2.13. The topological polar surface area (TPSA) is 72.4 Å². The molecule has 0 amide bonds. The maximum Gasteiger partial charge on any atom is 0.180 e. The van der Waals surface area contributed by atoms with Gasteiger partial charge in [0.2, 0.25) is 0 Å². The van der Waals surface area contributed by atoms with E-state index < -0.39 is 0 Å². The van der Waals surface area contributed by atoms with Crippen molar-refractivity contribution in [3.63, 3.8) is 0 Å². The van der Waals surface area contributed by atoms with E-state index in [1.165, 1.54) is 17.3 Å². The van der Waals surface area contributed by atoms with E-state index in [1.54, 1.807) is 6.21 Å². The van der Waals surface area contributed by atoms with E-state index in [1.807, 2.05) is 42.5 Å². The van der Waals surface area contributed by atoms with E-state index in [2.05, 4.69) is 27.2 Å². The van der Waals surface area contributed by atoms with Crippen LogP contribution >= 0.6 is 11.8 Å². The van der Waals surface area contributed by atoms with Crippen LogP contribution in [-0.4, -0.2) is 55.7 Å². The number of nitrogens with zero attached hydrogens (tertiary/aromatic N) is 3. The van der Waals surface area contributed by atoms with Gasteiger partial charge in [-0.05, 0) is 54.8 Å². The molecule has 0 aromatic heterocycles. The summed E-state index contributed by atoms with van der Waals surface area (Å²) < 4.78 is 11.2. The summed E-state index contributed by atoms with van der Waals surface area (Å²) in [6, 6.07) is 18.0. The molecule has 0 unspecified atom stereocenters. The number of ether oxygens (including phenoxy) is 2. The van der Waals surface area contributed by atoms with E-state index in [4.69, 9.17) is 15.2 Å². The summed E-state index contributed by atoms with van der Waals surface area (Å²) in [5, 5.41) is 8.58. The van der Waals surface area contributed by atoms with Gasteiger partial charge >= 0.3 is 0 Å². The van der Waals surface area contributed by atoms with Gasteiger partial charge in [0, 0.05) is 18.8 Å². The van der Waals surface area contributed by atoms with Crippen molar-refractivity contribution >= 4 is 23.1 Å². The lowest BCUT2D eigenvalue weighted by molar-refractivity contribution is 0.0368. The molecule has 1 fully saturated rings. The first-order valence-electron chi connectivity index (χ1n) is 10.4. The molecule has 1 aliphatic heterocycles. The number of unbranched alkanes of at least 4 members (excludes halogenated alkanes) is 1. The summed E-state index contributed by atoms with van der Waals surface area (Å²) in [5.41, 5.74) is 8.07. The van der Waals surface area contributed by atoms with Gasteiger partial charge in [-0.15, -0.1) is 5.10 Å². The zero-order valence-corrected chi connectivity index (χ0v) is 18.1. The Morgan fingerprint density at radius 1 is 1.07 bits per heavy atom. The molecule has 0 aliphatic carbocycles. The maximum absolute atomic E-state index is 5.91. The van der Waals surface area contributed by atoms with E-state index >= 15 is 0 Å². The third-order valence-electron chi connectivity index (χ3n) is 4.71. The summed E-state index contributed by atoms with van der Waals surface area (Å²) in [7, 11) is 0. The van der Waals surface area contributed by atoms with Crippen LogP contribution < -0.4 is 10.5 Å². The summed E-state index contributed by atoms with van der Waals surface area (Å²) >= 11 is 1.47. The average molecular weight is 427 g/mol. The molecule has 6 nitrogen and oxygen atoms in total. The van der Waals surface area contributed by atoms with Gasteiger partial charge in [0.1, 0.15) is 5.75 Å². The highest BCUT2D eigenvalue weighted by Gasteiger charge is 2.09. The number of hydrogen-bond acceptors (Lipinski definition) is 6. The lowest BCUT2D eigenvalue weighted by Gasteiger charge is -2.26. The predicted octanol–water partition coefficient (Wildman–Crippen LogP) is 3.76. The number of rotatable bonds is 10. The quantitative estimate of drug-likeness (QED) is 0.271. The molecule has 2 N–H and O–H groups in total. The summed E-state index contributed by atoms with van der Waals surface area (Å²) in [5.74, 6) is 1.66. The molecule has 0 bridgehead atoms. The largest absolute Gasteiger partial charge is 0.494 e. The molecule has 2 aromatic rings. The van der Waals surface area contributed by atoms with E-state index in [9.17, 15) is 0 Å². The molecule has 1 aliphatic rings. The van der Waals surface area contributed by atoms with Crippen molar-refractivity contribution in [1.29, 1.82) is 0 Å². The molecule has 160 valence electrons. The number of morpholine rings is 1. The van der Waals surface area contributed by atoms with E-state index in [0.29, 0.717) is 5.17 Å². The minimum Gasteiger partial charge on any atom is -0.494 e. The number of thioether (sulfide) groups is 1.